The molecule has 0 radical (unpaired) electrons. The van der Waals surface area contributed by atoms with Crippen LogP contribution < -0.4 is 4.74 Å². The number of carbonyl (C=O) groups excluding carboxylic acids is 1. The molecule has 2 aromatic carbocycles. The van der Waals surface area contributed by atoms with E-state index in [4.69, 9.17) is 4.74 Å². The van der Waals surface area contributed by atoms with E-state index in [2.05, 4.69) is 0 Å². The molecule has 3 unspecified atom stereocenters. The number of fused-ring (bicyclic) bond motifs is 3. The Kier molecular flexibility index (Phi) is 6.96. The van der Waals surface area contributed by atoms with E-state index in [0.29, 0.717) is 38.4 Å². The van der Waals surface area contributed by atoms with Crippen molar-refractivity contribution in [1.29, 1.82) is 0 Å². The summed E-state index contributed by atoms with van der Waals surface area (Å²) in [6.07, 6.45) is -3.63. The van der Waals surface area contributed by atoms with E-state index in [9.17, 15) is 35.2 Å². The van der Waals surface area contributed by atoms with Crippen LogP contribution in [0, 0.1) is 17.7 Å². The van der Waals surface area contributed by atoms with Crippen molar-refractivity contribution in [2.24, 2.45) is 11.8 Å². The average molecular weight is 572 g/mol. The molecule has 5 rings (SSSR count). The fourth-order valence-electron chi connectivity index (χ4n) is 6.23. The second-order valence-corrected chi connectivity index (χ2v) is 13.4. The highest BCUT2D eigenvalue weighted by Gasteiger charge is 2.55. The third-order valence-corrected chi connectivity index (χ3v) is 10.4. The predicted octanol–water partition coefficient (Wildman–Crippen LogP) is 5.12. The second kappa shape index (κ2) is 9.74. The fourth-order valence-corrected chi connectivity index (χ4v) is 7.72. The first-order valence-corrected chi connectivity index (χ1v) is 14.8. The molecule has 3 aliphatic heterocycles. The Morgan fingerprint density at radius 3 is 2.38 bits per heavy atom. The van der Waals surface area contributed by atoms with Gasteiger partial charge in [-0.3, -0.25) is 4.79 Å². The number of hydrogen-bond acceptors (Lipinski definition) is 4. The number of benzene rings is 2. The largest absolute Gasteiger partial charge is 0.493 e. The lowest BCUT2D eigenvalue weighted by atomic mass is 9.61. The minimum Gasteiger partial charge on any atom is -0.493 e. The molecule has 3 atom stereocenters. The van der Waals surface area contributed by atoms with E-state index in [-0.39, 0.29) is 54.4 Å². The van der Waals surface area contributed by atoms with Crippen molar-refractivity contribution in [2.45, 2.75) is 49.9 Å². The van der Waals surface area contributed by atoms with Crippen molar-refractivity contribution in [3.63, 3.8) is 0 Å². The van der Waals surface area contributed by atoms with Crippen LogP contribution in [-0.4, -0.2) is 56.6 Å². The molecule has 0 N–H and O–H groups in total. The predicted molar refractivity (Wildman–Crippen MR) is 134 cm³/mol. The van der Waals surface area contributed by atoms with Gasteiger partial charge >= 0.3 is 6.18 Å². The quantitative estimate of drug-likeness (QED) is 0.478. The molecule has 3 heterocycles. The number of hydrogen-bond donors (Lipinski definition) is 0. The highest BCUT2D eigenvalue weighted by Crippen LogP contribution is 2.51. The lowest BCUT2D eigenvalue weighted by molar-refractivity contribution is -0.228. The van der Waals surface area contributed by atoms with Crippen molar-refractivity contribution >= 4 is 15.7 Å². The van der Waals surface area contributed by atoms with Gasteiger partial charge in [0, 0.05) is 41.5 Å². The minimum atomic E-state index is -5.10. The molecule has 11 heteroatoms. The van der Waals surface area contributed by atoms with Crippen molar-refractivity contribution in [3.8, 4) is 5.75 Å². The van der Waals surface area contributed by atoms with Crippen molar-refractivity contribution in [1.82, 2.24) is 4.90 Å². The molecule has 0 spiro atoms. The Labute approximate surface area is 224 Å². The number of sulfone groups is 1. The van der Waals surface area contributed by atoms with Crippen LogP contribution in [0.15, 0.2) is 42.5 Å². The van der Waals surface area contributed by atoms with Gasteiger partial charge in [-0.05, 0) is 56.4 Å². The molecule has 5 nitrogen and oxygen atoms in total. The van der Waals surface area contributed by atoms with E-state index in [0.717, 1.165) is 17.7 Å². The van der Waals surface area contributed by atoms with Crippen LogP contribution in [0.4, 0.5) is 22.0 Å². The molecule has 3 aliphatic rings. The Morgan fingerprint density at radius 1 is 1.08 bits per heavy atom. The molecular formula is C28H30F5NO4S. The van der Waals surface area contributed by atoms with Crippen LogP contribution in [0.1, 0.15) is 42.9 Å². The van der Waals surface area contributed by atoms with Crippen molar-refractivity contribution in [3.05, 3.63) is 65.0 Å². The summed E-state index contributed by atoms with van der Waals surface area (Å²) in [5.74, 6) is -0.948. The molecule has 39 heavy (non-hydrogen) atoms. The number of amides is 1. The summed E-state index contributed by atoms with van der Waals surface area (Å²) in [6, 6.07) is 9.76. The highest BCUT2D eigenvalue weighted by atomic mass is 32.2. The van der Waals surface area contributed by atoms with Crippen LogP contribution in [-0.2, 0) is 32.1 Å². The molecular weight excluding hydrogens is 541 g/mol. The third kappa shape index (κ3) is 5.14. The number of likely N-dealkylation sites (tertiary alicyclic amines) is 1. The van der Waals surface area contributed by atoms with E-state index < -0.39 is 38.5 Å². The number of ether oxygens (including phenoxy) is 1. The maximum Gasteiger partial charge on any atom is 0.426 e. The van der Waals surface area contributed by atoms with E-state index in [1.807, 2.05) is 0 Å². The zero-order chi connectivity index (χ0) is 28.2. The molecule has 0 saturated carbocycles. The number of alkyl halides is 4. The normalized spacial score (nSPS) is 26.6. The molecule has 2 aromatic rings. The molecule has 212 valence electrons. The zero-order valence-electron chi connectivity index (χ0n) is 21.4. The fraction of sp³-hybridized carbons (Fsp3) is 0.536. The van der Waals surface area contributed by atoms with Crippen LogP contribution in [0.2, 0.25) is 0 Å². The molecule has 1 amide bonds. The summed E-state index contributed by atoms with van der Waals surface area (Å²) in [6.45, 7) is 1.28. The summed E-state index contributed by atoms with van der Waals surface area (Å²) in [5, 5.41) is 0. The summed E-state index contributed by atoms with van der Waals surface area (Å²) < 4.78 is 98.2. The van der Waals surface area contributed by atoms with Crippen molar-refractivity contribution in [2.75, 3.05) is 31.2 Å². The van der Waals surface area contributed by atoms with Gasteiger partial charge in [0.1, 0.15) is 21.4 Å². The second-order valence-electron chi connectivity index (χ2n) is 11.1. The van der Waals surface area contributed by atoms with Gasteiger partial charge in [-0.1, -0.05) is 24.3 Å². The smallest absolute Gasteiger partial charge is 0.426 e. The van der Waals surface area contributed by atoms with Crippen molar-refractivity contribution < 1.29 is 39.9 Å². The Balaban J connectivity index is 1.47. The molecule has 0 aliphatic carbocycles. The summed E-state index contributed by atoms with van der Waals surface area (Å²) in [7, 11) is -3.12. The monoisotopic (exact) mass is 571 g/mol. The third-order valence-electron chi connectivity index (χ3n) is 8.73. The topological polar surface area (TPSA) is 63.7 Å². The lowest BCUT2D eigenvalue weighted by Gasteiger charge is -2.52. The minimum absolute atomic E-state index is 0.0145. The van der Waals surface area contributed by atoms with Gasteiger partial charge in [0.15, 0.2) is 0 Å². The van der Waals surface area contributed by atoms with Gasteiger partial charge in [-0.15, -0.1) is 0 Å². The van der Waals surface area contributed by atoms with Gasteiger partial charge in [0.2, 0.25) is 11.6 Å². The van der Waals surface area contributed by atoms with E-state index in [1.165, 1.54) is 18.2 Å². The number of piperidine rings is 1. The zero-order valence-corrected chi connectivity index (χ0v) is 22.3. The number of nitrogens with zero attached hydrogens (tertiary/aromatic N) is 1. The van der Waals surface area contributed by atoms with Gasteiger partial charge < -0.3 is 9.64 Å². The Hall–Kier alpha value is -2.69. The first-order chi connectivity index (χ1) is 18.2. The molecule has 0 bridgehead atoms. The van der Waals surface area contributed by atoms with Gasteiger partial charge in [-0.25, -0.2) is 17.2 Å². The van der Waals surface area contributed by atoms with Gasteiger partial charge in [0.25, 0.3) is 0 Å². The summed E-state index contributed by atoms with van der Waals surface area (Å²) >= 11 is 0. The maximum atomic E-state index is 14.8. The average Bonchev–Trinajstić information content (AvgIpc) is 2.88. The maximum absolute atomic E-state index is 14.8. The highest BCUT2D eigenvalue weighted by molar-refractivity contribution is 7.91. The first kappa shape index (κ1) is 27.9. The number of halogens is 5. The van der Waals surface area contributed by atoms with E-state index in [1.54, 1.807) is 17.0 Å². The van der Waals surface area contributed by atoms with Gasteiger partial charge in [-0.2, -0.15) is 13.2 Å². The number of rotatable bonds is 4. The standard InChI is InChI=1S/C28H30F5NO4S/c1-26(30,28(31,32)33)20-4-7-23-24(14-20)38-17-21-16-34(25(35)19-8-12-39(36,37)13-9-19)11-10-27(21,23)15-18-2-5-22(29)6-3-18/h2-7,14,19,21H,8-13,15-17H2,1H3. The molecule has 0 aromatic heterocycles. The SMILES string of the molecule is CC(F)(c1ccc2c(c1)OCC1CN(C(=O)C3CCS(=O)(=O)CC3)CCC21Cc1ccc(F)cc1)C(F)(F)F. The summed E-state index contributed by atoms with van der Waals surface area (Å²) in [4.78, 5) is 15.1. The van der Waals surface area contributed by atoms with Crippen LogP contribution >= 0.6 is 0 Å². The van der Waals surface area contributed by atoms with Crippen LogP contribution in [0.25, 0.3) is 0 Å². The Morgan fingerprint density at radius 2 is 1.74 bits per heavy atom. The van der Waals surface area contributed by atoms with E-state index >= 15 is 0 Å². The first-order valence-electron chi connectivity index (χ1n) is 13.0. The summed E-state index contributed by atoms with van der Waals surface area (Å²) in [5.41, 5.74) is -3.29. The number of carbonyl (C=O) groups is 1. The van der Waals surface area contributed by atoms with Gasteiger partial charge in [0.05, 0.1) is 18.1 Å². The molecule has 2 fully saturated rings. The lowest BCUT2D eigenvalue weighted by Crippen LogP contribution is -2.57. The van der Waals surface area contributed by atoms with Crippen LogP contribution in [0.3, 0.4) is 0 Å². The Bertz CT molecular complexity index is 1340. The molecule has 2 saturated heterocycles. The van der Waals surface area contributed by atoms with Crippen LogP contribution in [0.5, 0.6) is 5.75 Å².